The van der Waals surface area contributed by atoms with Crippen molar-refractivity contribution in [2.75, 3.05) is 13.7 Å². The van der Waals surface area contributed by atoms with E-state index in [4.69, 9.17) is 4.74 Å². The molecule has 156 valence electrons. The van der Waals surface area contributed by atoms with E-state index in [1.165, 1.54) is 22.8 Å². The fourth-order valence-electron chi connectivity index (χ4n) is 3.12. The Bertz CT molecular complexity index is 1100. The lowest BCUT2D eigenvalue weighted by Crippen LogP contribution is -2.00. The first-order valence-corrected chi connectivity index (χ1v) is 9.58. The third-order valence-electron chi connectivity index (χ3n) is 4.83. The second-order valence-corrected chi connectivity index (χ2v) is 6.77. The van der Waals surface area contributed by atoms with Crippen molar-refractivity contribution in [2.45, 2.75) is 26.3 Å². The molecule has 2 amide bonds. The Labute approximate surface area is 173 Å². The first-order valence-electron chi connectivity index (χ1n) is 9.58. The monoisotopic (exact) mass is 409 g/mol. The zero-order chi connectivity index (χ0) is 21.7. The molecule has 0 atom stereocenters. The number of hydrogen-bond donors (Lipinski definition) is 2. The normalized spacial score (nSPS) is 11.4. The van der Waals surface area contributed by atoms with E-state index in [2.05, 4.69) is 10.2 Å². The van der Waals surface area contributed by atoms with Crippen LogP contribution in [-0.4, -0.2) is 40.3 Å². The molecule has 3 rings (SSSR count). The molecule has 0 unspecified atom stereocenters. The summed E-state index contributed by atoms with van der Waals surface area (Å²) in [4.78, 5) is 24.5. The van der Waals surface area contributed by atoms with Crippen molar-refractivity contribution in [3.63, 3.8) is 0 Å². The molecular formula is C22H23N3O5. The van der Waals surface area contributed by atoms with E-state index < -0.39 is 11.8 Å². The van der Waals surface area contributed by atoms with E-state index in [9.17, 15) is 19.8 Å². The number of carbonyl (C=O) groups excluding carboxylic acids is 2. The highest BCUT2D eigenvalue weighted by molar-refractivity contribution is 6.03. The number of aromatic hydroxyl groups is 2. The number of hydrogen-bond acceptors (Lipinski definition) is 5. The highest BCUT2D eigenvalue weighted by atomic mass is 16.5. The number of rotatable bonds is 7. The molecule has 3 aromatic rings. The van der Waals surface area contributed by atoms with Gasteiger partial charge in [0.05, 0.1) is 0 Å². The SMILES string of the molecule is CCc1ccc(C(=O)N=NC(=O)c2ccc3c(O)n(CCCOC)c(O)c3c2)cc1. The summed E-state index contributed by atoms with van der Waals surface area (Å²) in [5.41, 5.74) is 1.57. The van der Waals surface area contributed by atoms with E-state index in [1.54, 1.807) is 19.2 Å². The molecule has 1 aromatic heterocycles. The van der Waals surface area contributed by atoms with Crippen molar-refractivity contribution in [1.29, 1.82) is 0 Å². The van der Waals surface area contributed by atoms with E-state index in [0.717, 1.165) is 12.0 Å². The van der Waals surface area contributed by atoms with E-state index >= 15 is 0 Å². The van der Waals surface area contributed by atoms with Crippen LogP contribution in [-0.2, 0) is 17.7 Å². The third kappa shape index (κ3) is 4.38. The van der Waals surface area contributed by atoms with Gasteiger partial charge in [0.15, 0.2) is 0 Å². The van der Waals surface area contributed by atoms with Gasteiger partial charge >= 0.3 is 0 Å². The fraction of sp³-hybridized carbons (Fsp3) is 0.273. The second-order valence-electron chi connectivity index (χ2n) is 6.77. The molecule has 8 heteroatoms. The van der Waals surface area contributed by atoms with Crippen LogP contribution in [0, 0.1) is 0 Å². The van der Waals surface area contributed by atoms with Crippen LogP contribution in [0.4, 0.5) is 0 Å². The molecule has 2 aromatic carbocycles. The minimum Gasteiger partial charge on any atom is -0.494 e. The lowest BCUT2D eigenvalue weighted by molar-refractivity contribution is 0.0947. The Hall–Kier alpha value is -3.52. The smallest absolute Gasteiger partial charge is 0.295 e. The number of aromatic nitrogens is 1. The number of nitrogens with zero attached hydrogens (tertiary/aromatic N) is 3. The van der Waals surface area contributed by atoms with Gasteiger partial charge in [-0.15, -0.1) is 10.2 Å². The highest BCUT2D eigenvalue weighted by Crippen LogP contribution is 2.37. The topological polar surface area (TPSA) is 113 Å². The Kier molecular flexibility index (Phi) is 6.58. The zero-order valence-corrected chi connectivity index (χ0v) is 16.8. The molecule has 0 spiro atoms. The van der Waals surface area contributed by atoms with Crippen LogP contribution in [0.25, 0.3) is 10.8 Å². The van der Waals surface area contributed by atoms with Gasteiger partial charge in [-0.1, -0.05) is 19.1 Å². The number of aryl methyl sites for hydroxylation is 1. The van der Waals surface area contributed by atoms with Crippen molar-refractivity contribution >= 4 is 22.6 Å². The lowest BCUT2D eigenvalue weighted by atomic mass is 10.1. The number of benzene rings is 2. The Balaban J connectivity index is 1.79. The summed E-state index contributed by atoms with van der Waals surface area (Å²) < 4.78 is 6.34. The van der Waals surface area contributed by atoms with Crippen LogP contribution in [0.3, 0.4) is 0 Å². The average molecular weight is 409 g/mol. The standard InChI is InChI=1S/C22H23N3O5/c1-3-14-5-7-15(8-6-14)19(26)23-24-20(27)16-9-10-17-18(13-16)22(29)25(21(17)28)11-4-12-30-2/h5-10,13,28-29H,3-4,11-12H2,1-2H3. The fourth-order valence-corrected chi connectivity index (χ4v) is 3.12. The maximum atomic E-state index is 12.4. The quantitative estimate of drug-likeness (QED) is 0.451. The van der Waals surface area contributed by atoms with Crippen molar-refractivity contribution in [2.24, 2.45) is 10.2 Å². The molecule has 0 bridgehead atoms. The number of methoxy groups -OCH3 is 1. The molecule has 2 N–H and O–H groups in total. The van der Waals surface area contributed by atoms with Gasteiger partial charge in [0.25, 0.3) is 11.8 Å². The summed E-state index contributed by atoms with van der Waals surface area (Å²) in [6.07, 6.45) is 1.45. The predicted octanol–water partition coefficient (Wildman–Crippen LogP) is 4.08. The minimum atomic E-state index is -0.721. The number of fused-ring (bicyclic) bond motifs is 1. The van der Waals surface area contributed by atoms with Gasteiger partial charge in [0.2, 0.25) is 11.8 Å². The highest BCUT2D eigenvalue weighted by Gasteiger charge is 2.18. The van der Waals surface area contributed by atoms with Crippen molar-refractivity contribution < 1.29 is 24.5 Å². The molecule has 0 saturated carbocycles. The average Bonchev–Trinajstić information content (AvgIpc) is 3.01. The zero-order valence-electron chi connectivity index (χ0n) is 16.8. The molecule has 1 heterocycles. The maximum absolute atomic E-state index is 12.4. The molecule has 8 nitrogen and oxygen atoms in total. The molecule has 0 radical (unpaired) electrons. The van der Waals surface area contributed by atoms with Gasteiger partial charge in [-0.05, 0) is 48.7 Å². The van der Waals surface area contributed by atoms with Crippen LogP contribution in [0.1, 0.15) is 39.6 Å². The van der Waals surface area contributed by atoms with Gasteiger partial charge < -0.3 is 14.9 Å². The Morgan fingerprint density at radius 3 is 2.17 bits per heavy atom. The molecule has 0 saturated heterocycles. The molecule has 0 aliphatic rings. The first-order chi connectivity index (χ1) is 14.5. The summed E-state index contributed by atoms with van der Waals surface area (Å²) in [6, 6.07) is 11.3. The number of amides is 2. The summed E-state index contributed by atoms with van der Waals surface area (Å²) in [7, 11) is 1.57. The number of azo groups is 1. The third-order valence-corrected chi connectivity index (χ3v) is 4.83. The van der Waals surface area contributed by atoms with E-state index in [-0.39, 0.29) is 17.3 Å². The van der Waals surface area contributed by atoms with E-state index in [0.29, 0.717) is 35.9 Å². The molecule has 30 heavy (non-hydrogen) atoms. The van der Waals surface area contributed by atoms with Gasteiger partial charge in [0.1, 0.15) is 0 Å². The van der Waals surface area contributed by atoms with Crippen molar-refractivity contribution in [1.82, 2.24) is 4.57 Å². The van der Waals surface area contributed by atoms with Gasteiger partial charge in [-0.2, -0.15) is 0 Å². The summed E-state index contributed by atoms with van der Waals surface area (Å²) in [6.45, 7) is 2.85. The first kappa shape index (κ1) is 21.2. The molecule has 0 aliphatic carbocycles. The molecule has 0 aliphatic heterocycles. The minimum absolute atomic E-state index is 0.0927. The second kappa shape index (κ2) is 9.32. The maximum Gasteiger partial charge on any atom is 0.295 e. The van der Waals surface area contributed by atoms with Crippen molar-refractivity contribution in [3.8, 4) is 11.8 Å². The van der Waals surface area contributed by atoms with Crippen LogP contribution < -0.4 is 0 Å². The number of ether oxygens (including phenoxy) is 1. The van der Waals surface area contributed by atoms with Crippen LogP contribution in [0.15, 0.2) is 52.7 Å². The summed E-state index contributed by atoms with van der Waals surface area (Å²) in [5.74, 6) is -1.58. The predicted molar refractivity (Wildman–Crippen MR) is 111 cm³/mol. The van der Waals surface area contributed by atoms with Crippen LogP contribution in [0.5, 0.6) is 11.8 Å². The molecule has 0 fully saturated rings. The van der Waals surface area contributed by atoms with Crippen LogP contribution in [0.2, 0.25) is 0 Å². The molecular weight excluding hydrogens is 386 g/mol. The lowest BCUT2D eigenvalue weighted by Gasteiger charge is -2.05. The Morgan fingerprint density at radius 2 is 1.53 bits per heavy atom. The van der Waals surface area contributed by atoms with Gasteiger partial charge in [-0.3, -0.25) is 14.2 Å². The summed E-state index contributed by atoms with van der Waals surface area (Å²) >= 11 is 0. The van der Waals surface area contributed by atoms with Crippen LogP contribution >= 0.6 is 0 Å². The van der Waals surface area contributed by atoms with E-state index in [1.807, 2.05) is 19.1 Å². The Morgan fingerprint density at radius 1 is 0.933 bits per heavy atom. The van der Waals surface area contributed by atoms with Gasteiger partial charge in [0, 0.05) is 42.2 Å². The largest absolute Gasteiger partial charge is 0.494 e. The number of carbonyl (C=O) groups is 2. The van der Waals surface area contributed by atoms with Gasteiger partial charge in [-0.25, -0.2) is 0 Å². The van der Waals surface area contributed by atoms with Crippen molar-refractivity contribution in [3.05, 3.63) is 59.2 Å². The summed E-state index contributed by atoms with van der Waals surface area (Å²) in [5, 5.41) is 28.5.